The molecule has 1 nitrogen and oxygen atoms in total. The molecule has 19 heavy (non-hydrogen) atoms. The number of benzene rings is 2. The lowest BCUT2D eigenvalue weighted by Crippen LogP contribution is -2.00. The van der Waals surface area contributed by atoms with E-state index in [1.54, 1.807) is 7.11 Å². The van der Waals surface area contributed by atoms with Gasteiger partial charge in [0, 0.05) is 10.0 Å². The highest BCUT2D eigenvalue weighted by atomic mass is 79.9. The number of ether oxygens (including phenoxy) is 1. The first-order chi connectivity index (χ1) is 9.04. The van der Waals surface area contributed by atoms with E-state index in [0.29, 0.717) is 0 Å². The Morgan fingerprint density at radius 3 is 2.53 bits per heavy atom. The molecule has 0 aliphatic heterocycles. The van der Waals surface area contributed by atoms with Gasteiger partial charge in [-0.25, -0.2) is 0 Å². The Bertz CT molecular complexity index is 595. The van der Waals surface area contributed by atoms with Crippen LogP contribution in [-0.4, -0.2) is 7.11 Å². The number of halogens is 2. The summed E-state index contributed by atoms with van der Waals surface area (Å²) in [7, 11) is 1.67. The summed E-state index contributed by atoms with van der Waals surface area (Å²) in [6, 6.07) is 12.1. The topological polar surface area (TPSA) is 9.23 Å². The second kappa shape index (κ2) is 5.98. The van der Waals surface area contributed by atoms with Crippen LogP contribution in [0.1, 0.15) is 27.6 Å². The molecule has 0 saturated carbocycles. The summed E-state index contributed by atoms with van der Waals surface area (Å²) in [5.74, 6) is 0.809. The second-order valence-corrected chi connectivity index (χ2v) is 5.89. The Hall–Kier alpha value is -0.990. The average molecular weight is 340 g/mol. The summed E-state index contributed by atoms with van der Waals surface area (Å²) in [5, 5.41) is -0.215. The standard InChI is InChI=1S/C16H16BrClO/c1-10-5-4-6-13(11(10)2)16(18)14-9-12(17)7-8-15(14)19-3/h4-9,16H,1-3H3. The van der Waals surface area contributed by atoms with Crippen LogP contribution in [0.4, 0.5) is 0 Å². The van der Waals surface area contributed by atoms with E-state index in [0.717, 1.165) is 21.3 Å². The lowest BCUT2D eigenvalue weighted by Gasteiger charge is -2.17. The van der Waals surface area contributed by atoms with Crippen molar-refractivity contribution in [2.24, 2.45) is 0 Å². The third-order valence-corrected chi connectivity index (χ3v) is 4.35. The Morgan fingerprint density at radius 2 is 1.84 bits per heavy atom. The van der Waals surface area contributed by atoms with Crippen LogP contribution in [0.15, 0.2) is 40.9 Å². The van der Waals surface area contributed by atoms with Gasteiger partial charge >= 0.3 is 0 Å². The van der Waals surface area contributed by atoms with Crippen LogP contribution in [0.3, 0.4) is 0 Å². The molecule has 1 unspecified atom stereocenters. The molecule has 0 aliphatic rings. The summed E-state index contributed by atoms with van der Waals surface area (Å²) in [6.45, 7) is 4.20. The fraction of sp³-hybridized carbons (Fsp3) is 0.250. The van der Waals surface area contributed by atoms with Gasteiger partial charge in [0.05, 0.1) is 12.5 Å². The van der Waals surface area contributed by atoms with Crippen molar-refractivity contribution in [1.82, 2.24) is 0 Å². The molecule has 0 amide bonds. The zero-order valence-electron chi connectivity index (χ0n) is 11.2. The van der Waals surface area contributed by atoms with Crippen molar-refractivity contribution < 1.29 is 4.74 Å². The van der Waals surface area contributed by atoms with Crippen molar-refractivity contribution >= 4 is 27.5 Å². The van der Waals surface area contributed by atoms with Gasteiger partial charge in [-0.05, 0) is 48.7 Å². The minimum absolute atomic E-state index is 0.215. The zero-order chi connectivity index (χ0) is 14.0. The van der Waals surface area contributed by atoms with Crippen LogP contribution < -0.4 is 4.74 Å². The first-order valence-electron chi connectivity index (χ1n) is 6.08. The average Bonchev–Trinajstić information content (AvgIpc) is 2.41. The second-order valence-electron chi connectivity index (χ2n) is 4.54. The summed E-state index contributed by atoms with van der Waals surface area (Å²) >= 11 is 10.1. The Kier molecular flexibility index (Phi) is 4.54. The fourth-order valence-corrected chi connectivity index (χ4v) is 2.90. The largest absolute Gasteiger partial charge is 0.496 e. The Morgan fingerprint density at radius 1 is 1.11 bits per heavy atom. The Balaban J connectivity index is 2.52. The third-order valence-electron chi connectivity index (χ3n) is 3.38. The molecule has 0 aromatic heterocycles. The van der Waals surface area contributed by atoms with E-state index in [4.69, 9.17) is 16.3 Å². The van der Waals surface area contributed by atoms with Crippen molar-refractivity contribution in [2.45, 2.75) is 19.2 Å². The van der Waals surface area contributed by atoms with E-state index in [1.807, 2.05) is 24.3 Å². The van der Waals surface area contributed by atoms with E-state index in [9.17, 15) is 0 Å². The van der Waals surface area contributed by atoms with Gasteiger partial charge in [0.1, 0.15) is 5.75 Å². The van der Waals surface area contributed by atoms with E-state index in [1.165, 1.54) is 11.1 Å². The third kappa shape index (κ3) is 2.96. The van der Waals surface area contributed by atoms with E-state index in [2.05, 4.69) is 41.9 Å². The molecule has 0 spiro atoms. The van der Waals surface area contributed by atoms with Crippen LogP contribution in [0, 0.1) is 13.8 Å². The number of rotatable bonds is 3. The molecule has 0 bridgehead atoms. The number of alkyl halides is 1. The maximum atomic E-state index is 6.66. The molecule has 2 aromatic carbocycles. The molecule has 100 valence electrons. The molecule has 0 radical (unpaired) electrons. The van der Waals surface area contributed by atoms with Crippen molar-refractivity contribution in [3.63, 3.8) is 0 Å². The zero-order valence-corrected chi connectivity index (χ0v) is 13.5. The molecule has 0 heterocycles. The molecule has 0 fully saturated rings. The normalized spacial score (nSPS) is 12.3. The molecular formula is C16H16BrClO. The Labute approximate surface area is 127 Å². The molecule has 1 atom stereocenters. The fourth-order valence-electron chi connectivity index (χ4n) is 2.12. The predicted octanol–water partition coefficient (Wildman–Crippen LogP) is 5.40. The van der Waals surface area contributed by atoms with Gasteiger partial charge in [0.25, 0.3) is 0 Å². The van der Waals surface area contributed by atoms with Crippen LogP contribution >= 0.6 is 27.5 Å². The van der Waals surface area contributed by atoms with E-state index < -0.39 is 0 Å². The first-order valence-corrected chi connectivity index (χ1v) is 7.31. The van der Waals surface area contributed by atoms with Crippen molar-refractivity contribution in [1.29, 1.82) is 0 Å². The van der Waals surface area contributed by atoms with E-state index >= 15 is 0 Å². The minimum atomic E-state index is -0.215. The van der Waals surface area contributed by atoms with Crippen LogP contribution in [0.25, 0.3) is 0 Å². The molecule has 0 N–H and O–H groups in total. The number of aryl methyl sites for hydroxylation is 1. The lowest BCUT2D eigenvalue weighted by molar-refractivity contribution is 0.410. The summed E-state index contributed by atoms with van der Waals surface area (Å²) in [5.41, 5.74) is 4.58. The minimum Gasteiger partial charge on any atom is -0.496 e. The van der Waals surface area contributed by atoms with Crippen LogP contribution in [0.5, 0.6) is 5.75 Å². The van der Waals surface area contributed by atoms with Gasteiger partial charge in [-0.2, -0.15) is 0 Å². The predicted molar refractivity (Wildman–Crippen MR) is 84.3 cm³/mol. The lowest BCUT2D eigenvalue weighted by atomic mass is 9.96. The molecular weight excluding hydrogens is 324 g/mol. The van der Waals surface area contributed by atoms with Crippen LogP contribution in [0.2, 0.25) is 0 Å². The van der Waals surface area contributed by atoms with Gasteiger partial charge in [-0.1, -0.05) is 34.1 Å². The molecule has 2 aromatic rings. The first kappa shape index (κ1) is 14.4. The molecule has 3 heteroatoms. The van der Waals surface area contributed by atoms with Gasteiger partial charge in [0.15, 0.2) is 0 Å². The highest BCUT2D eigenvalue weighted by Crippen LogP contribution is 2.38. The van der Waals surface area contributed by atoms with E-state index in [-0.39, 0.29) is 5.38 Å². The summed E-state index contributed by atoms with van der Waals surface area (Å²) < 4.78 is 6.41. The van der Waals surface area contributed by atoms with Crippen LogP contribution in [-0.2, 0) is 0 Å². The smallest absolute Gasteiger partial charge is 0.123 e. The van der Waals surface area contributed by atoms with Crippen molar-refractivity contribution in [3.05, 3.63) is 63.1 Å². The number of hydrogen-bond acceptors (Lipinski definition) is 1. The van der Waals surface area contributed by atoms with Gasteiger partial charge in [-0.15, -0.1) is 11.6 Å². The van der Waals surface area contributed by atoms with Crippen molar-refractivity contribution in [2.75, 3.05) is 7.11 Å². The molecule has 2 rings (SSSR count). The molecule has 0 saturated heterocycles. The highest BCUT2D eigenvalue weighted by Gasteiger charge is 2.18. The summed E-state index contributed by atoms with van der Waals surface area (Å²) in [6.07, 6.45) is 0. The van der Waals surface area contributed by atoms with Gasteiger partial charge in [0.2, 0.25) is 0 Å². The van der Waals surface area contributed by atoms with Crippen molar-refractivity contribution in [3.8, 4) is 5.75 Å². The maximum absolute atomic E-state index is 6.66. The molecule has 0 aliphatic carbocycles. The van der Waals surface area contributed by atoms with Gasteiger partial charge in [-0.3, -0.25) is 0 Å². The number of methoxy groups -OCH3 is 1. The quantitative estimate of drug-likeness (QED) is 0.680. The summed E-state index contributed by atoms with van der Waals surface area (Å²) in [4.78, 5) is 0. The maximum Gasteiger partial charge on any atom is 0.123 e. The van der Waals surface area contributed by atoms with Gasteiger partial charge < -0.3 is 4.74 Å². The highest BCUT2D eigenvalue weighted by molar-refractivity contribution is 9.10. The number of hydrogen-bond donors (Lipinski definition) is 0. The SMILES string of the molecule is COc1ccc(Br)cc1C(Cl)c1cccc(C)c1C. The monoisotopic (exact) mass is 338 g/mol.